The van der Waals surface area contributed by atoms with E-state index < -0.39 is 0 Å². The zero-order valence-electron chi connectivity index (χ0n) is 22.3. The normalized spacial score (nSPS) is 20.6. The van der Waals surface area contributed by atoms with Gasteiger partial charge in [0.25, 0.3) is 5.91 Å². The number of hydrogen-bond acceptors (Lipinski definition) is 5. The van der Waals surface area contributed by atoms with E-state index in [0.29, 0.717) is 17.4 Å². The number of unbranched alkanes of at least 4 members (excludes halogenated alkanes) is 1. The van der Waals surface area contributed by atoms with Crippen molar-refractivity contribution in [1.29, 1.82) is 0 Å². The first kappa shape index (κ1) is 26.2. The number of rotatable bonds is 8. The van der Waals surface area contributed by atoms with Crippen molar-refractivity contribution >= 4 is 33.0 Å². The fourth-order valence-electron chi connectivity index (χ4n) is 5.99. The molecule has 7 nitrogen and oxygen atoms in total. The number of aromatic nitrogens is 3. The number of likely N-dealkylation sites (tertiary alicyclic amines) is 2. The minimum absolute atomic E-state index is 0.0571. The third-order valence-electron chi connectivity index (χ3n) is 7.70. The van der Waals surface area contributed by atoms with Crippen LogP contribution < -0.4 is 4.74 Å². The smallest absolute Gasteiger partial charge is 0.255 e. The highest BCUT2D eigenvalue weighted by molar-refractivity contribution is 9.10. The first-order valence-corrected chi connectivity index (χ1v) is 14.4. The Kier molecular flexibility index (Phi) is 8.15. The van der Waals surface area contributed by atoms with Crippen LogP contribution in [-0.2, 0) is 6.54 Å². The summed E-state index contributed by atoms with van der Waals surface area (Å²) in [5, 5.41) is 0. The lowest BCUT2D eigenvalue weighted by Gasteiger charge is -2.35. The molecule has 2 atom stereocenters. The Bertz CT molecular complexity index is 1240. The Morgan fingerprint density at radius 1 is 1.08 bits per heavy atom. The molecule has 2 saturated heterocycles. The fourth-order valence-corrected chi connectivity index (χ4v) is 6.53. The standard InChI is InChI=1S/C29H38BrN5O2/c1-20-14-21(2)19-34(18-20)29(36)23-16-25-28(31-17-23)35(13-7-6-12-33-10-4-5-11-33)27(32-25)22-8-9-26(37-3)24(30)15-22/h8-9,15-17,20-21H,4-7,10-14,18-19H2,1-3H3. The molecule has 2 aromatic heterocycles. The van der Waals surface area contributed by atoms with E-state index in [1.165, 1.54) is 32.4 Å². The van der Waals surface area contributed by atoms with Crippen molar-refractivity contribution in [3.05, 3.63) is 40.5 Å². The van der Waals surface area contributed by atoms with Gasteiger partial charge in [-0.25, -0.2) is 9.97 Å². The van der Waals surface area contributed by atoms with Crippen LogP contribution in [0.25, 0.3) is 22.6 Å². The number of imidazole rings is 1. The minimum atomic E-state index is 0.0571. The number of halogens is 1. The molecule has 0 aliphatic carbocycles. The molecule has 0 radical (unpaired) electrons. The summed E-state index contributed by atoms with van der Waals surface area (Å²) in [5.74, 6) is 2.75. The highest BCUT2D eigenvalue weighted by Gasteiger charge is 2.27. The molecule has 2 unspecified atom stereocenters. The summed E-state index contributed by atoms with van der Waals surface area (Å²) >= 11 is 3.63. The van der Waals surface area contributed by atoms with E-state index >= 15 is 0 Å². The number of ether oxygens (including phenoxy) is 1. The van der Waals surface area contributed by atoms with Crippen LogP contribution in [-0.4, -0.2) is 70.1 Å². The first-order valence-electron chi connectivity index (χ1n) is 13.6. The van der Waals surface area contributed by atoms with Crippen LogP contribution in [0.4, 0.5) is 0 Å². The second kappa shape index (κ2) is 11.5. The molecule has 37 heavy (non-hydrogen) atoms. The lowest BCUT2D eigenvalue weighted by Crippen LogP contribution is -2.42. The predicted octanol–water partition coefficient (Wildman–Crippen LogP) is 5.86. The number of piperidine rings is 1. The average molecular weight is 569 g/mol. The van der Waals surface area contributed by atoms with E-state index in [4.69, 9.17) is 14.7 Å². The van der Waals surface area contributed by atoms with Gasteiger partial charge >= 0.3 is 0 Å². The maximum atomic E-state index is 13.4. The van der Waals surface area contributed by atoms with Gasteiger partial charge in [0.05, 0.1) is 17.1 Å². The van der Waals surface area contributed by atoms with Crippen LogP contribution in [0.3, 0.4) is 0 Å². The number of benzene rings is 1. The number of nitrogens with zero attached hydrogens (tertiary/aromatic N) is 5. The van der Waals surface area contributed by atoms with E-state index in [-0.39, 0.29) is 5.91 Å². The van der Waals surface area contributed by atoms with Crippen LogP contribution in [0.15, 0.2) is 34.9 Å². The van der Waals surface area contributed by atoms with Crippen LogP contribution in [0, 0.1) is 11.8 Å². The molecule has 3 aromatic rings. The summed E-state index contributed by atoms with van der Waals surface area (Å²) < 4.78 is 8.54. The lowest BCUT2D eigenvalue weighted by atomic mass is 9.91. The predicted molar refractivity (Wildman–Crippen MR) is 151 cm³/mol. The summed E-state index contributed by atoms with van der Waals surface area (Å²) in [6.45, 7) is 10.5. The van der Waals surface area contributed by atoms with Gasteiger partial charge in [0, 0.05) is 31.4 Å². The number of pyridine rings is 1. The summed E-state index contributed by atoms with van der Waals surface area (Å²) in [5.41, 5.74) is 3.22. The summed E-state index contributed by atoms with van der Waals surface area (Å²) in [4.78, 5) is 27.7. The third-order valence-corrected chi connectivity index (χ3v) is 8.32. The molecular weight excluding hydrogens is 530 g/mol. The molecule has 2 fully saturated rings. The molecular formula is C29H38BrN5O2. The van der Waals surface area contributed by atoms with Crippen molar-refractivity contribution in [2.45, 2.75) is 52.5 Å². The molecule has 0 saturated carbocycles. The minimum Gasteiger partial charge on any atom is -0.496 e. The summed E-state index contributed by atoms with van der Waals surface area (Å²) in [6, 6.07) is 7.96. The van der Waals surface area contributed by atoms with Crippen LogP contribution >= 0.6 is 15.9 Å². The van der Waals surface area contributed by atoms with E-state index in [1.807, 2.05) is 29.2 Å². The van der Waals surface area contributed by atoms with E-state index in [9.17, 15) is 4.79 Å². The van der Waals surface area contributed by atoms with Gasteiger partial charge in [-0.3, -0.25) is 4.79 Å². The molecule has 0 N–H and O–H groups in total. The molecule has 8 heteroatoms. The average Bonchev–Trinajstić information content (AvgIpc) is 3.53. The largest absolute Gasteiger partial charge is 0.496 e. The molecule has 0 bridgehead atoms. The Balaban J connectivity index is 1.44. The van der Waals surface area contributed by atoms with Gasteiger partial charge in [-0.05, 0) is 104 Å². The van der Waals surface area contributed by atoms with Crippen molar-refractivity contribution < 1.29 is 9.53 Å². The highest BCUT2D eigenvalue weighted by atomic mass is 79.9. The number of carbonyl (C=O) groups is 1. The summed E-state index contributed by atoms with van der Waals surface area (Å²) in [6.07, 6.45) is 7.76. The van der Waals surface area contributed by atoms with Crippen molar-refractivity contribution in [1.82, 2.24) is 24.3 Å². The topological polar surface area (TPSA) is 63.5 Å². The first-order chi connectivity index (χ1) is 17.9. The Morgan fingerprint density at radius 2 is 1.81 bits per heavy atom. The molecule has 5 rings (SSSR count). The van der Waals surface area contributed by atoms with Gasteiger partial charge < -0.3 is 19.1 Å². The quantitative estimate of drug-likeness (QED) is 0.319. The van der Waals surface area contributed by atoms with Crippen molar-refractivity contribution in [2.24, 2.45) is 11.8 Å². The van der Waals surface area contributed by atoms with Gasteiger partial charge in [0.1, 0.15) is 17.1 Å². The van der Waals surface area contributed by atoms with E-state index in [1.54, 1.807) is 13.3 Å². The number of carbonyl (C=O) groups excluding carboxylic acids is 1. The Hall–Kier alpha value is -2.45. The number of amides is 1. The molecule has 1 amide bonds. The maximum Gasteiger partial charge on any atom is 0.255 e. The lowest BCUT2D eigenvalue weighted by molar-refractivity contribution is 0.0623. The number of aryl methyl sites for hydroxylation is 1. The number of fused-ring (bicyclic) bond motifs is 1. The molecule has 198 valence electrons. The molecule has 0 spiro atoms. The van der Waals surface area contributed by atoms with Crippen molar-refractivity contribution in [3.8, 4) is 17.1 Å². The van der Waals surface area contributed by atoms with E-state index in [0.717, 1.165) is 71.8 Å². The van der Waals surface area contributed by atoms with E-state index in [2.05, 4.69) is 39.2 Å². The zero-order valence-corrected chi connectivity index (χ0v) is 23.8. The second-order valence-electron chi connectivity index (χ2n) is 10.9. The van der Waals surface area contributed by atoms with Crippen LogP contribution in [0.1, 0.15) is 56.3 Å². The number of methoxy groups -OCH3 is 1. The molecule has 2 aliphatic rings. The highest BCUT2D eigenvalue weighted by Crippen LogP contribution is 2.32. The van der Waals surface area contributed by atoms with Gasteiger partial charge in [-0.1, -0.05) is 13.8 Å². The second-order valence-corrected chi connectivity index (χ2v) is 11.8. The van der Waals surface area contributed by atoms with Gasteiger partial charge in [-0.15, -0.1) is 0 Å². The van der Waals surface area contributed by atoms with Crippen molar-refractivity contribution in [2.75, 3.05) is 39.8 Å². The monoisotopic (exact) mass is 567 g/mol. The van der Waals surface area contributed by atoms with Gasteiger partial charge in [0.2, 0.25) is 0 Å². The van der Waals surface area contributed by atoms with Crippen LogP contribution in [0.2, 0.25) is 0 Å². The maximum absolute atomic E-state index is 13.4. The fraction of sp³-hybridized carbons (Fsp3) is 0.552. The molecule has 4 heterocycles. The van der Waals surface area contributed by atoms with Crippen molar-refractivity contribution in [3.63, 3.8) is 0 Å². The third kappa shape index (κ3) is 5.85. The zero-order chi connectivity index (χ0) is 25.9. The Morgan fingerprint density at radius 3 is 2.51 bits per heavy atom. The summed E-state index contributed by atoms with van der Waals surface area (Å²) in [7, 11) is 1.67. The molecule has 1 aromatic carbocycles. The van der Waals surface area contributed by atoms with Gasteiger partial charge in [-0.2, -0.15) is 0 Å². The Labute approximate surface area is 228 Å². The SMILES string of the molecule is COc1ccc(-c2nc3cc(C(=O)N4CC(C)CC(C)C4)cnc3n2CCCCN2CCCC2)cc1Br. The number of hydrogen-bond donors (Lipinski definition) is 0. The van der Waals surface area contributed by atoms with Gasteiger partial charge in [0.15, 0.2) is 5.65 Å². The van der Waals surface area contributed by atoms with Crippen LogP contribution in [0.5, 0.6) is 5.75 Å². The molecule has 2 aliphatic heterocycles.